The Labute approximate surface area is 94.3 Å². The fourth-order valence-corrected chi connectivity index (χ4v) is 3.79. The topological polar surface area (TPSA) is 20.2 Å². The van der Waals surface area contributed by atoms with Gasteiger partial charge in [0.1, 0.15) is 0 Å². The van der Waals surface area contributed by atoms with Gasteiger partial charge in [-0.15, -0.1) is 0 Å². The van der Waals surface area contributed by atoms with E-state index in [0.717, 1.165) is 24.7 Å². The fraction of sp³-hybridized carbons (Fsp3) is 1.00. The Hall–Kier alpha value is -0.0400. The van der Waals surface area contributed by atoms with E-state index in [0.29, 0.717) is 5.92 Å². The Morgan fingerprint density at radius 2 is 1.80 bits per heavy atom. The van der Waals surface area contributed by atoms with Gasteiger partial charge in [-0.25, -0.2) is 0 Å². The largest absolute Gasteiger partial charge is 0.393 e. The summed E-state index contributed by atoms with van der Waals surface area (Å²) in [5.74, 6) is 2.61. The molecule has 0 radical (unpaired) electrons. The Kier molecular flexibility index (Phi) is 4.07. The molecule has 1 nitrogen and oxygen atoms in total. The summed E-state index contributed by atoms with van der Waals surface area (Å²) in [6, 6.07) is 0. The van der Waals surface area contributed by atoms with Crippen molar-refractivity contribution in [1.29, 1.82) is 0 Å². The van der Waals surface area contributed by atoms with Gasteiger partial charge in [0.15, 0.2) is 0 Å². The van der Waals surface area contributed by atoms with Crippen molar-refractivity contribution in [3.05, 3.63) is 0 Å². The third-order valence-corrected chi connectivity index (χ3v) is 4.71. The molecule has 4 unspecified atom stereocenters. The summed E-state index contributed by atoms with van der Waals surface area (Å²) in [7, 11) is 0. The van der Waals surface area contributed by atoms with Crippen LogP contribution in [0.25, 0.3) is 0 Å². The van der Waals surface area contributed by atoms with E-state index < -0.39 is 0 Å². The summed E-state index contributed by atoms with van der Waals surface area (Å²) in [6.45, 7) is 2.18. The van der Waals surface area contributed by atoms with Crippen molar-refractivity contribution in [2.45, 2.75) is 70.8 Å². The minimum Gasteiger partial charge on any atom is -0.393 e. The summed E-state index contributed by atoms with van der Waals surface area (Å²) in [4.78, 5) is 0. The summed E-state index contributed by atoms with van der Waals surface area (Å²) in [5.41, 5.74) is 0. The van der Waals surface area contributed by atoms with Gasteiger partial charge in [-0.3, -0.25) is 0 Å². The zero-order valence-corrected chi connectivity index (χ0v) is 10.1. The fourth-order valence-electron chi connectivity index (χ4n) is 3.79. The van der Waals surface area contributed by atoms with Crippen molar-refractivity contribution in [1.82, 2.24) is 0 Å². The number of hydrogen-bond donors (Lipinski definition) is 1. The molecule has 2 fully saturated rings. The van der Waals surface area contributed by atoms with E-state index in [4.69, 9.17) is 0 Å². The van der Waals surface area contributed by atoms with Crippen molar-refractivity contribution in [3.63, 3.8) is 0 Å². The Morgan fingerprint density at radius 1 is 1.07 bits per heavy atom. The predicted molar refractivity (Wildman–Crippen MR) is 63.7 cm³/mol. The lowest BCUT2D eigenvalue weighted by atomic mass is 9.66. The van der Waals surface area contributed by atoms with E-state index in [9.17, 15) is 5.11 Å². The normalized spacial score (nSPS) is 38.4. The van der Waals surface area contributed by atoms with Crippen molar-refractivity contribution >= 4 is 0 Å². The molecule has 2 aliphatic rings. The van der Waals surface area contributed by atoms with E-state index >= 15 is 0 Å². The van der Waals surface area contributed by atoms with Crippen LogP contribution in [-0.2, 0) is 0 Å². The van der Waals surface area contributed by atoms with Gasteiger partial charge in [0.25, 0.3) is 0 Å². The molecule has 0 spiro atoms. The molecule has 1 heteroatoms. The first-order valence-electron chi connectivity index (χ1n) is 6.99. The molecular weight excluding hydrogens is 184 g/mol. The van der Waals surface area contributed by atoms with Crippen LogP contribution in [0.2, 0.25) is 0 Å². The van der Waals surface area contributed by atoms with Gasteiger partial charge in [-0.2, -0.15) is 0 Å². The van der Waals surface area contributed by atoms with Crippen LogP contribution in [0.4, 0.5) is 0 Å². The smallest absolute Gasteiger partial charge is 0.0568 e. The van der Waals surface area contributed by atoms with E-state index in [1.54, 1.807) is 0 Å². The lowest BCUT2D eigenvalue weighted by Crippen LogP contribution is -2.33. The lowest BCUT2D eigenvalue weighted by Gasteiger charge is -2.40. The van der Waals surface area contributed by atoms with Crippen molar-refractivity contribution < 1.29 is 5.11 Å². The SMILES string of the molecule is CCCC(O)C1CCC2CCCCC2C1. The van der Waals surface area contributed by atoms with Crippen LogP contribution in [0.1, 0.15) is 64.7 Å². The first-order valence-corrected chi connectivity index (χ1v) is 6.99. The van der Waals surface area contributed by atoms with Gasteiger partial charge in [0.2, 0.25) is 0 Å². The van der Waals surface area contributed by atoms with Crippen molar-refractivity contribution in [2.75, 3.05) is 0 Å². The average molecular weight is 210 g/mol. The van der Waals surface area contributed by atoms with Gasteiger partial charge in [0.05, 0.1) is 6.10 Å². The molecule has 1 N–H and O–H groups in total. The summed E-state index contributed by atoms with van der Waals surface area (Å²) >= 11 is 0. The molecule has 0 bridgehead atoms. The van der Waals surface area contributed by atoms with Crippen LogP contribution < -0.4 is 0 Å². The second-order valence-electron chi connectivity index (χ2n) is 5.73. The minimum atomic E-state index is -0.00197. The summed E-state index contributed by atoms with van der Waals surface area (Å²) in [5, 5.41) is 10.1. The molecule has 0 amide bonds. The molecule has 4 atom stereocenters. The van der Waals surface area contributed by atoms with Crippen LogP contribution in [0.5, 0.6) is 0 Å². The highest BCUT2D eigenvalue weighted by Crippen LogP contribution is 2.43. The maximum Gasteiger partial charge on any atom is 0.0568 e. The quantitative estimate of drug-likeness (QED) is 0.752. The van der Waals surface area contributed by atoms with Crippen LogP contribution >= 0.6 is 0 Å². The molecule has 0 heterocycles. The molecule has 0 aromatic carbocycles. The second kappa shape index (κ2) is 5.34. The molecule has 0 aromatic heterocycles. The molecule has 88 valence electrons. The Balaban J connectivity index is 1.85. The maximum atomic E-state index is 10.1. The molecule has 2 saturated carbocycles. The predicted octanol–water partition coefficient (Wildman–Crippen LogP) is 3.75. The molecule has 0 aliphatic heterocycles. The highest BCUT2D eigenvalue weighted by atomic mass is 16.3. The number of aliphatic hydroxyl groups excluding tert-OH is 1. The van der Waals surface area contributed by atoms with E-state index in [-0.39, 0.29) is 6.10 Å². The third-order valence-electron chi connectivity index (χ3n) is 4.71. The third kappa shape index (κ3) is 2.75. The van der Waals surface area contributed by atoms with Gasteiger partial charge in [0, 0.05) is 0 Å². The van der Waals surface area contributed by atoms with Gasteiger partial charge >= 0.3 is 0 Å². The standard InChI is InChI=1S/C14H26O/c1-2-5-14(15)13-9-8-11-6-3-4-7-12(11)10-13/h11-15H,2-10H2,1H3. The van der Waals surface area contributed by atoms with Crippen LogP contribution in [0.15, 0.2) is 0 Å². The monoisotopic (exact) mass is 210 g/mol. The van der Waals surface area contributed by atoms with Gasteiger partial charge in [-0.05, 0) is 43.4 Å². The van der Waals surface area contributed by atoms with Crippen LogP contribution in [0, 0.1) is 17.8 Å². The molecule has 0 saturated heterocycles. The van der Waals surface area contributed by atoms with Crippen LogP contribution in [0.3, 0.4) is 0 Å². The van der Waals surface area contributed by atoms with E-state index in [1.165, 1.54) is 44.9 Å². The zero-order valence-electron chi connectivity index (χ0n) is 10.1. The minimum absolute atomic E-state index is 0.00197. The van der Waals surface area contributed by atoms with Gasteiger partial charge < -0.3 is 5.11 Å². The Bertz CT molecular complexity index is 190. The molecule has 2 rings (SSSR count). The average Bonchev–Trinajstić information content (AvgIpc) is 2.29. The molecule has 0 aromatic rings. The highest BCUT2D eigenvalue weighted by molar-refractivity contribution is 4.85. The molecule has 15 heavy (non-hydrogen) atoms. The first kappa shape index (κ1) is 11.4. The number of hydrogen-bond acceptors (Lipinski definition) is 1. The Morgan fingerprint density at radius 3 is 2.53 bits per heavy atom. The van der Waals surface area contributed by atoms with Gasteiger partial charge in [-0.1, -0.05) is 39.0 Å². The van der Waals surface area contributed by atoms with Crippen molar-refractivity contribution in [2.24, 2.45) is 17.8 Å². The van der Waals surface area contributed by atoms with Crippen LogP contribution in [-0.4, -0.2) is 11.2 Å². The summed E-state index contributed by atoms with van der Waals surface area (Å²) in [6.07, 6.45) is 12.0. The van der Waals surface area contributed by atoms with E-state index in [2.05, 4.69) is 6.92 Å². The molecule has 2 aliphatic carbocycles. The highest BCUT2D eigenvalue weighted by Gasteiger charge is 2.34. The maximum absolute atomic E-state index is 10.1. The first-order chi connectivity index (χ1) is 7.31. The molecular formula is C14H26O. The number of fused-ring (bicyclic) bond motifs is 1. The van der Waals surface area contributed by atoms with E-state index in [1.807, 2.05) is 0 Å². The van der Waals surface area contributed by atoms with Crippen molar-refractivity contribution in [3.8, 4) is 0 Å². The zero-order chi connectivity index (χ0) is 10.7. The lowest BCUT2D eigenvalue weighted by molar-refractivity contribution is 0.0308. The second-order valence-corrected chi connectivity index (χ2v) is 5.73. The number of rotatable bonds is 3. The summed E-state index contributed by atoms with van der Waals surface area (Å²) < 4.78 is 0. The number of aliphatic hydroxyl groups is 1.